The van der Waals surface area contributed by atoms with Crippen LogP contribution in [-0.4, -0.2) is 16.7 Å². The molecule has 1 heterocycles. The second-order valence-corrected chi connectivity index (χ2v) is 7.05. The molecule has 0 radical (unpaired) electrons. The molecule has 0 bridgehead atoms. The molecule has 0 saturated carbocycles. The molecule has 1 N–H and O–H groups in total. The third-order valence-electron chi connectivity index (χ3n) is 5.01. The van der Waals surface area contributed by atoms with E-state index in [9.17, 15) is 4.79 Å². The van der Waals surface area contributed by atoms with Crippen LogP contribution in [0.1, 0.15) is 32.6 Å². The summed E-state index contributed by atoms with van der Waals surface area (Å²) in [7, 11) is 0. The van der Waals surface area contributed by atoms with E-state index in [2.05, 4.69) is 27.2 Å². The number of nitrogens with zero attached hydrogens (tertiary/aromatic N) is 3. The highest BCUT2D eigenvalue weighted by Crippen LogP contribution is 2.21. The van der Waals surface area contributed by atoms with Gasteiger partial charge in [0.05, 0.1) is 17.8 Å². The third kappa shape index (κ3) is 3.98. The zero-order valence-electron chi connectivity index (χ0n) is 16.5. The molecule has 4 aromatic rings. The van der Waals surface area contributed by atoms with Crippen LogP contribution in [0.25, 0.3) is 10.9 Å². The summed E-state index contributed by atoms with van der Waals surface area (Å²) < 4.78 is 2.14. The molecule has 0 aliphatic rings. The lowest BCUT2D eigenvalue weighted by molar-refractivity contribution is 0.0954. The Kier molecular flexibility index (Phi) is 5.40. The number of fused-ring (bicyclic) bond motifs is 1. The fraction of sp³-hybridized carbons (Fsp3) is 0.0800. The lowest BCUT2D eigenvalue weighted by atomic mass is 10.1. The number of hydrogen-bond donors (Lipinski definition) is 1. The van der Waals surface area contributed by atoms with Crippen molar-refractivity contribution in [1.29, 1.82) is 5.26 Å². The fourth-order valence-corrected chi connectivity index (χ4v) is 3.44. The summed E-state index contributed by atoms with van der Waals surface area (Å²) >= 11 is 0. The molecule has 0 atom stereocenters. The predicted octanol–water partition coefficient (Wildman–Crippen LogP) is 4.63. The van der Waals surface area contributed by atoms with Crippen molar-refractivity contribution in [2.75, 3.05) is 0 Å². The van der Waals surface area contributed by atoms with E-state index in [1.165, 1.54) is 0 Å². The first-order chi connectivity index (χ1) is 14.7. The summed E-state index contributed by atoms with van der Waals surface area (Å²) in [6, 6.07) is 25.2. The first-order valence-electron chi connectivity index (χ1n) is 9.61. The van der Waals surface area contributed by atoms with Gasteiger partial charge in [-0.2, -0.15) is 10.4 Å². The van der Waals surface area contributed by atoms with Crippen LogP contribution in [0.3, 0.4) is 0 Å². The Hall–Kier alpha value is -4.17. The van der Waals surface area contributed by atoms with Gasteiger partial charge >= 0.3 is 0 Å². The van der Waals surface area contributed by atoms with E-state index in [4.69, 9.17) is 5.26 Å². The number of nitrogens with one attached hydrogen (secondary N) is 1. The summed E-state index contributed by atoms with van der Waals surface area (Å²) in [5.41, 5.74) is 7.88. The highest BCUT2D eigenvalue weighted by atomic mass is 16.2. The molecule has 146 valence electrons. The Labute approximate surface area is 174 Å². The average Bonchev–Trinajstić information content (AvgIpc) is 3.12. The SMILES string of the molecule is Cc1ccccc1C(=O)N/N=C/c1cn(Cc2ccc(C#N)cc2)c2ccccc12. The standard InChI is InChI=1S/C25H20N4O/c1-18-6-2-3-7-22(18)25(30)28-27-15-21-17-29(24-9-5-4-8-23(21)24)16-20-12-10-19(14-26)11-13-20/h2-13,15,17H,16H2,1H3,(H,28,30)/b27-15+. The van der Waals surface area contributed by atoms with Gasteiger partial charge in [0.15, 0.2) is 0 Å². The van der Waals surface area contributed by atoms with Crippen LogP contribution in [-0.2, 0) is 6.54 Å². The molecule has 0 aliphatic carbocycles. The quantitative estimate of drug-likeness (QED) is 0.397. The van der Waals surface area contributed by atoms with Gasteiger partial charge in [-0.25, -0.2) is 5.43 Å². The number of rotatable bonds is 5. The fourth-order valence-electron chi connectivity index (χ4n) is 3.44. The zero-order chi connectivity index (χ0) is 20.9. The maximum absolute atomic E-state index is 12.4. The average molecular weight is 392 g/mol. The molecule has 4 rings (SSSR count). The van der Waals surface area contributed by atoms with Crippen molar-refractivity contribution in [3.8, 4) is 6.07 Å². The molecule has 1 aromatic heterocycles. The number of para-hydroxylation sites is 1. The molecular weight excluding hydrogens is 372 g/mol. The molecule has 5 heteroatoms. The summed E-state index contributed by atoms with van der Waals surface area (Å²) in [6.45, 7) is 2.57. The highest BCUT2D eigenvalue weighted by molar-refractivity contribution is 6.00. The number of carbonyl (C=O) groups is 1. The van der Waals surface area contributed by atoms with Crippen molar-refractivity contribution in [1.82, 2.24) is 9.99 Å². The first-order valence-corrected chi connectivity index (χ1v) is 9.61. The predicted molar refractivity (Wildman–Crippen MR) is 118 cm³/mol. The van der Waals surface area contributed by atoms with E-state index in [1.54, 1.807) is 12.3 Å². The van der Waals surface area contributed by atoms with E-state index in [0.717, 1.165) is 27.6 Å². The lowest BCUT2D eigenvalue weighted by Crippen LogP contribution is -2.18. The Balaban J connectivity index is 1.57. The minimum Gasteiger partial charge on any atom is -0.342 e. The van der Waals surface area contributed by atoms with E-state index < -0.39 is 0 Å². The van der Waals surface area contributed by atoms with Crippen molar-refractivity contribution in [2.45, 2.75) is 13.5 Å². The molecule has 0 unspecified atom stereocenters. The Bertz CT molecular complexity index is 1280. The summed E-state index contributed by atoms with van der Waals surface area (Å²) in [5, 5.41) is 14.2. The minimum absolute atomic E-state index is 0.231. The van der Waals surface area contributed by atoms with Gasteiger partial charge in [0.2, 0.25) is 0 Å². The van der Waals surface area contributed by atoms with Gasteiger partial charge in [-0.05, 0) is 42.3 Å². The van der Waals surface area contributed by atoms with Crippen LogP contribution >= 0.6 is 0 Å². The molecular formula is C25H20N4O. The second kappa shape index (κ2) is 8.46. The number of benzene rings is 3. The molecule has 0 aliphatic heterocycles. The number of aromatic nitrogens is 1. The van der Waals surface area contributed by atoms with Crippen LogP contribution < -0.4 is 5.43 Å². The van der Waals surface area contributed by atoms with Crippen molar-refractivity contribution < 1.29 is 4.79 Å². The maximum atomic E-state index is 12.4. The van der Waals surface area contributed by atoms with Gasteiger partial charge in [-0.15, -0.1) is 0 Å². The summed E-state index contributed by atoms with van der Waals surface area (Å²) in [5.74, 6) is -0.231. The normalized spacial score (nSPS) is 10.9. The van der Waals surface area contributed by atoms with E-state index in [1.807, 2.05) is 73.8 Å². The smallest absolute Gasteiger partial charge is 0.271 e. The topological polar surface area (TPSA) is 70.2 Å². The van der Waals surface area contributed by atoms with Gasteiger partial charge in [-0.1, -0.05) is 48.5 Å². The number of hydrazone groups is 1. The van der Waals surface area contributed by atoms with Gasteiger partial charge < -0.3 is 4.57 Å². The number of hydrogen-bond acceptors (Lipinski definition) is 3. The van der Waals surface area contributed by atoms with Crippen molar-refractivity contribution >= 4 is 23.0 Å². The summed E-state index contributed by atoms with van der Waals surface area (Å²) in [4.78, 5) is 12.4. The molecule has 3 aromatic carbocycles. The second-order valence-electron chi connectivity index (χ2n) is 7.05. The van der Waals surface area contributed by atoms with Crippen LogP contribution in [0, 0.1) is 18.3 Å². The van der Waals surface area contributed by atoms with Crippen LogP contribution in [0.2, 0.25) is 0 Å². The Morgan fingerprint density at radius 2 is 1.80 bits per heavy atom. The van der Waals surface area contributed by atoms with E-state index in [-0.39, 0.29) is 5.91 Å². The van der Waals surface area contributed by atoms with Crippen LogP contribution in [0.5, 0.6) is 0 Å². The summed E-state index contributed by atoms with van der Waals surface area (Å²) in [6.07, 6.45) is 3.69. The number of amides is 1. The maximum Gasteiger partial charge on any atom is 0.271 e. The largest absolute Gasteiger partial charge is 0.342 e. The van der Waals surface area contributed by atoms with Crippen molar-refractivity contribution in [3.63, 3.8) is 0 Å². The first kappa shape index (κ1) is 19.2. The van der Waals surface area contributed by atoms with Gasteiger partial charge in [-0.3, -0.25) is 4.79 Å². The van der Waals surface area contributed by atoms with Gasteiger partial charge in [0, 0.05) is 34.8 Å². The number of carbonyl (C=O) groups excluding carboxylic acids is 1. The minimum atomic E-state index is -0.231. The van der Waals surface area contributed by atoms with Crippen LogP contribution in [0.15, 0.2) is 84.1 Å². The molecule has 1 amide bonds. The molecule has 0 spiro atoms. The third-order valence-corrected chi connectivity index (χ3v) is 5.01. The van der Waals surface area contributed by atoms with Crippen molar-refractivity contribution in [3.05, 3.63) is 107 Å². The molecule has 5 nitrogen and oxygen atoms in total. The van der Waals surface area contributed by atoms with E-state index >= 15 is 0 Å². The van der Waals surface area contributed by atoms with Gasteiger partial charge in [0.1, 0.15) is 0 Å². The van der Waals surface area contributed by atoms with Crippen molar-refractivity contribution in [2.24, 2.45) is 5.10 Å². The lowest BCUT2D eigenvalue weighted by Gasteiger charge is -2.05. The highest BCUT2D eigenvalue weighted by Gasteiger charge is 2.09. The van der Waals surface area contributed by atoms with E-state index in [0.29, 0.717) is 17.7 Å². The number of nitriles is 1. The van der Waals surface area contributed by atoms with Crippen LogP contribution in [0.4, 0.5) is 0 Å². The molecule has 0 saturated heterocycles. The Morgan fingerprint density at radius 1 is 1.07 bits per heavy atom. The zero-order valence-corrected chi connectivity index (χ0v) is 16.5. The molecule has 30 heavy (non-hydrogen) atoms. The Morgan fingerprint density at radius 3 is 2.57 bits per heavy atom. The number of aryl methyl sites for hydroxylation is 1. The monoisotopic (exact) mass is 392 g/mol. The van der Waals surface area contributed by atoms with Gasteiger partial charge in [0.25, 0.3) is 5.91 Å². The molecule has 0 fully saturated rings.